The van der Waals surface area contributed by atoms with Gasteiger partial charge in [-0.2, -0.15) is 0 Å². The first-order valence-corrected chi connectivity index (χ1v) is 9.77. The van der Waals surface area contributed by atoms with Gasteiger partial charge in [-0.1, -0.05) is 49.9 Å². The molecule has 3 aromatic rings. The van der Waals surface area contributed by atoms with Crippen LogP contribution in [0.5, 0.6) is 0 Å². The van der Waals surface area contributed by atoms with Gasteiger partial charge in [0.25, 0.3) is 0 Å². The number of aromatic nitrogens is 2. The van der Waals surface area contributed by atoms with Crippen molar-refractivity contribution in [3.8, 4) is 0 Å². The minimum atomic E-state index is -0.801. The number of aliphatic hydroxyl groups is 1. The number of benzene rings is 1. The first-order chi connectivity index (χ1) is 12.5. The van der Waals surface area contributed by atoms with E-state index in [2.05, 4.69) is 46.4 Å². The summed E-state index contributed by atoms with van der Waals surface area (Å²) < 4.78 is 0. The molecule has 1 aromatic carbocycles. The van der Waals surface area contributed by atoms with Crippen LogP contribution in [-0.4, -0.2) is 15.1 Å². The first kappa shape index (κ1) is 17.3. The Hall–Kier alpha value is -2.13. The van der Waals surface area contributed by atoms with Crippen LogP contribution in [-0.2, 0) is 5.60 Å². The number of nitrogens with zero attached hydrogens (tertiary/aromatic N) is 1. The molecule has 0 radical (unpaired) electrons. The molecule has 3 nitrogen and oxygen atoms in total. The van der Waals surface area contributed by atoms with Gasteiger partial charge in [0.2, 0.25) is 0 Å². The molecule has 1 aliphatic rings. The second kappa shape index (κ2) is 6.88. The van der Waals surface area contributed by atoms with Crippen molar-refractivity contribution in [3.63, 3.8) is 0 Å². The Morgan fingerprint density at radius 1 is 1.15 bits per heavy atom. The normalized spacial score (nSPS) is 17.0. The quantitative estimate of drug-likeness (QED) is 0.639. The van der Waals surface area contributed by atoms with Crippen molar-refractivity contribution in [2.24, 2.45) is 5.92 Å². The standard InChI is InChI=1S/C23H28N2O/c1-23(2,26)19-11-9-17(10-12-19)20(14-16-6-3-4-7-16)21-15-18-8-5-13-24-22(18)25-21/h5,8-13,15-16,20,26H,3-4,6-7,14H2,1-2H3,(H,24,25). The van der Waals surface area contributed by atoms with Crippen LogP contribution < -0.4 is 0 Å². The second-order valence-electron chi connectivity index (χ2n) is 8.29. The van der Waals surface area contributed by atoms with Gasteiger partial charge in [-0.15, -0.1) is 0 Å². The molecule has 1 saturated carbocycles. The summed E-state index contributed by atoms with van der Waals surface area (Å²) in [4.78, 5) is 8.02. The topological polar surface area (TPSA) is 48.9 Å². The van der Waals surface area contributed by atoms with Crippen molar-refractivity contribution in [2.75, 3.05) is 0 Å². The lowest BCUT2D eigenvalue weighted by molar-refractivity contribution is 0.0786. The summed E-state index contributed by atoms with van der Waals surface area (Å²) in [5.74, 6) is 1.15. The Labute approximate surface area is 155 Å². The van der Waals surface area contributed by atoms with Crippen molar-refractivity contribution >= 4 is 11.0 Å². The maximum atomic E-state index is 10.2. The molecule has 0 bridgehead atoms. The van der Waals surface area contributed by atoms with Crippen LogP contribution in [0.4, 0.5) is 0 Å². The number of H-pyrrole nitrogens is 1. The highest BCUT2D eigenvalue weighted by atomic mass is 16.3. The molecule has 0 aliphatic heterocycles. The Morgan fingerprint density at radius 3 is 2.54 bits per heavy atom. The predicted octanol–water partition coefficient (Wildman–Crippen LogP) is 5.50. The summed E-state index contributed by atoms with van der Waals surface area (Å²) in [6.07, 6.45) is 8.43. The monoisotopic (exact) mass is 348 g/mol. The van der Waals surface area contributed by atoms with Crippen LogP contribution in [0.3, 0.4) is 0 Å². The minimum absolute atomic E-state index is 0.350. The molecule has 0 saturated heterocycles. The third kappa shape index (κ3) is 3.54. The van der Waals surface area contributed by atoms with Crippen LogP contribution in [0, 0.1) is 5.92 Å². The maximum Gasteiger partial charge on any atom is 0.137 e. The third-order valence-corrected chi connectivity index (χ3v) is 5.85. The van der Waals surface area contributed by atoms with E-state index in [1.54, 1.807) is 0 Å². The fourth-order valence-corrected chi connectivity index (χ4v) is 4.31. The van der Waals surface area contributed by atoms with E-state index in [0.29, 0.717) is 5.92 Å². The van der Waals surface area contributed by atoms with E-state index in [-0.39, 0.29) is 0 Å². The minimum Gasteiger partial charge on any atom is -0.386 e. The van der Waals surface area contributed by atoms with Crippen LogP contribution in [0.2, 0.25) is 0 Å². The number of aromatic amines is 1. The number of hydrogen-bond donors (Lipinski definition) is 2. The summed E-state index contributed by atoms with van der Waals surface area (Å²) in [7, 11) is 0. The van der Waals surface area contributed by atoms with Crippen LogP contribution in [0.1, 0.15) is 68.7 Å². The van der Waals surface area contributed by atoms with Crippen molar-refractivity contribution in [1.29, 1.82) is 0 Å². The molecule has 2 heterocycles. The largest absolute Gasteiger partial charge is 0.386 e. The van der Waals surface area contributed by atoms with Gasteiger partial charge in [0, 0.05) is 23.2 Å². The van der Waals surface area contributed by atoms with E-state index in [0.717, 1.165) is 17.1 Å². The Kier molecular flexibility index (Phi) is 4.58. The molecular weight excluding hydrogens is 320 g/mol. The molecule has 1 unspecified atom stereocenters. The van der Waals surface area contributed by atoms with E-state index < -0.39 is 5.60 Å². The molecule has 136 valence electrons. The van der Waals surface area contributed by atoms with Gasteiger partial charge in [-0.25, -0.2) is 4.98 Å². The highest BCUT2D eigenvalue weighted by molar-refractivity contribution is 5.76. The van der Waals surface area contributed by atoms with Crippen molar-refractivity contribution in [1.82, 2.24) is 9.97 Å². The molecule has 0 amide bonds. The highest BCUT2D eigenvalue weighted by Crippen LogP contribution is 2.38. The number of hydrogen-bond acceptors (Lipinski definition) is 2. The van der Waals surface area contributed by atoms with E-state index in [1.165, 1.54) is 48.7 Å². The lowest BCUT2D eigenvalue weighted by Crippen LogP contribution is -2.15. The number of nitrogens with one attached hydrogen (secondary N) is 1. The van der Waals surface area contributed by atoms with Crippen molar-refractivity contribution < 1.29 is 5.11 Å². The van der Waals surface area contributed by atoms with Gasteiger partial charge >= 0.3 is 0 Å². The second-order valence-corrected chi connectivity index (χ2v) is 8.29. The van der Waals surface area contributed by atoms with Gasteiger partial charge in [0.1, 0.15) is 5.65 Å². The molecule has 1 fully saturated rings. The van der Waals surface area contributed by atoms with Gasteiger partial charge < -0.3 is 10.1 Å². The van der Waals surface area contributed by atoms with E-state index in [1.807, 2.05) is 26.1 Å². The molecular formula is C23H28N2O. The molecule has 26 heavy (non-hydrogen) atoms. The fraction of sp³-hybridized carbons (Fsp3) is 0.435. The van der Waals surface area contributed by atoms with E-state index in [9.17, 15) is 5.11 Å². The van der Waals surface area contributed by atoms with Crippen molar-refractivity contribution in [2.45, 2.75) is 57.5 Å². The first-order valence-electron chi connectivity index (χ1n) is 9.77. The Bertz CT molecular complexity index is 834. The molecule has 3 heteroatoms. The smallest absolute Gasteiger partial charge is 0.137 e. The summed E-state index contributed by atoms with van der Waals surface area (Å²) >= 11 is 0. The molecule has 2 aromatic heterocycles. The van der Waals surface area contributed by atoms with Gasteiger partial charge in [0.15, 0.2) is 0 Å². The average Bonchev–Trinajstić information content (AvgIpc) is 3.28. The third-order valence-electron chi connectivity index (χ3n) is 5.85. The fourth-order valence-electron chi connectivity index (χ4n) is 4.31. The Balaban J connectivity index is 1.70. The van der Waals surface area contributed by atoms with E-state index >= 15 is 0 Å². The van der Waals surface area contributed by atoms with Crippen LogP contribution in [0.25, 0.3) is 11.0 Å². The van der Waals surface area contributed by atoms with Crippen LogP contribution >= 0.6 is 0 Å². The van der Waals surface area contributed by atoms with Gasteiger partial charge in [0.05, 0.1) is 5.60 Å². The zero-order chi connectivity index (χ0) is 18.1. The molecule has 1 aliphatic carbocycles. The number of fused-ring (bicyclic) bond motifs is 1. The lowest BCUT2D eigenvalue weighted by atomic mass is 9.84. The zero-order valence-electron chi connectivity index (χ0n) is 15.7. The van der Waals surface area contributed by atoms with Gasteiger partial charge in [-0.3, -0.25) is 0 Å². The Morgan fingerprint density at radius 2 is 1.88 bits per heavy atom. The predicted molar refractivity (Wildman–Crippen MR) is 106 cm³/mol. The molecule has 0 spiro atoms. The van der Waals surface area contributed by atoms with E-state index in [4.69, 9.17) is 0 Å². The summed E-state index contributed by atoms with van der Waals surface area (Å²) in [6, 6.07) is 14.9. The summed E-state index contributed by atoms with van der Waals surface area (Å²) in [5, 5.41) is 11.4. The molecule has 1 atom stereocenters. The van der Waals surface area contributed by atoms with Gasteiger partial charge in [-0.05, 0) is 55.5 Å². The van der Waals surface area contributed by atoms with Crippen LogP contribution in [0.15, 0.2) is 48.7 Å². The molecule has 2 N–H and O–H groups in total. The molecule has 4 rings (SSSR count). The lowest BCUT2D eigenvalue weighted by Gasteiger charge is -2.22. The van der Waals surface area contributed by atoms with Crippen molar-refractivity contribution in [3.05, 3.63) is 65.5 Å². The maximum absolute atomic E-state index is 10.2. The average molecular weight is 348 g/mol. The zero-order valence-corrected chi connectivity index (χ0v) is 15.7. The summed E-state index contributed by atoms with van der Waals surface area (Å²) in [5.41, 5.74) is 3.69. The number of pyridine rings is 1. The highest BCUT2D eigenvalue weighted by Gasteiger charge is 2.25. The SMILES string of the molecule is CC(C)(O)c1ccc(C(CC2CCCC2)c2cc3cccnc3[nH]2)cc1. The summed E-state index contributed by atoms with van der Waals surface area (Å²) in [6.45, 7) is 3.67. The number of rotatable bonds is 5.